The third-order valence-electron chi connectivity index (χ3n) is 7.15. The zero-order valence-corrected chi connectivity index (χ0v) is 20.5. The second kappa shape index (κ2) is 11.7. The second-order valence-electron chi connectivity index (χ2n) is 9.65. The fourth-order valence-electron chi connectivity index (χ4n) is 5.19. The molecular formula is C26H33NO11. The molecule has 2 aromatic rings. The number of carboxylic acid groups (broad SMARTS) is 1. The molecule has 2 aliphatic rings. The molecule has 0 aliphatic carbocycles. The minimum Gasteiger partial charge on any atom is -0.508 e. The predicted molar refractivity (Wildman–Crippen MR) is 131 cm³/mol. The molecule has 0 spiro atoms. The molecule has 8 N–H and O–H groups in total. The molecule has 38 heavy (non-hydrogen) atoms. The molecule has 12 nitrogen and oxygen atoms in total. The predicted octanol–water partition coefficient (Wildman–Crippen LogP) is 0.205. The Bertz CT molecular complexity index is 1110. The first kappa shape index (κ1) is 27.9. The van der Waals surface area contributed by atoms with Gasteiger partial charge in [-0.15, -0.1) is 0 Å². The molecule has 7 atom stereocenters. The molecule has 0 aromatic heterocycles. The van der Waals surface area contributed by atoms with E-state index in [0.29, 0.717) is 32.2 Å². The smallest absolute Gasteiger partial charge is 0.320 e. The van der Waals surface area contributed by atoms with Crippen molar-refractivity contribution >= 4 is 5.97 Å². The zero-order valence-electron chi connectivity index (χ0n) is 20.5. The van der Waals surface area contributed by atoms with Gasteiger partial charge >= 0.3 is 5.97 Å². The Morgan fingerprint density at radius 2 is 1.74 bits per heavy atom. The van der Waals surface area contributed by atoms with Gasteiger partial charge in [0.05, 0.1) is 12.2 Å². The number of nitrogens with zero attached hydrogens (tertiary/aromatic N) is 1. The lowest BCUT2D eigenvalue weighted by Crippen LogP contribution is -2.60. The van der Waals surface area contributed by atoms with E-state index in [-0.39, 0.29) is 28.6 Å². The molecule has 2 saturated heterocycles. The van der Waals surface area contributed by atoms with Gasteiger partial charge < -0.3 is 50.3 Å². The summed E-state index contributed by atoms with van der Waals surface area (Å²) in [6, 6.07) is 7.24. The van der Waals surface area contributed by atoms with Crippen molar-refractivity contribution in [2.75, 3.05) is 13.2 Å². The Labute approximate surface area is 218 Å². The van der Waals surface area contributed by atoms with Crippen molar-refractivity contribution in [2.45, 2.75) is 68.5 Å². The van der Waals surface area contributed by atoms with Crippen LogP contribution >= 0.6 is 0 Å². The molecule has 0 saturated carbocycles. The van der Waals surface area contributed by atoms with Gasteiger partial charge in [0.2, 0.25) is 6.29 Å². The van der Waals surface area contributed by atoms with Crippen LogP contribution < -0.4 is 4.74 Å². The van der Waals surface area contributed by atoms with E-state index < -0.39 is 55.4 Å². The lowest BCUT2D eigenvalue weighted by Gasteiger charge is -2.40. The summed E-state index contributed by atoms with van der Waals surface area (Å²) < 4.78 is 11.3. The highest BCUT2D eigenvalue weighted by molar-refractivity contribution is 5.74. The van der Waals surface area contributed by atoms with E-state index in [4.69, 9.17) is 9.47 Å². The van der Waals surface area contributed by atoms with Crippen LogP contribution in [0.2, 0.25) is 0 Å². The Balaban J connectivity index is 1.72. The Hall–Kier alpha value is -3.13. The first-order valence-corrected chi connectivity index (χ1v) is 12.4. The van der Waals surface area contributed by atoms with E-state index in [0.717, 1.165) is 11.6 Å². The molecule has 2 heterocycles. The van der Waals surface area contributed by atoms with Gasteiger partial charge in [-0.2, -0.15) is 0 Å². The molecule has 4 rings (SSSR count). The van der Waals surface area contributed by atoms with Crippen LogP contribution in [0.25, 0.3) is 0 Å². The number of carbonyl (C=O) groups is 1. The topological polar surface area (TPSA) is 201 Å². The lowest BCUT2D eigenvalue weighted by atomic mass is 9.94. The maximum Gasteiger partial charge on any atom is 0.320 e. The van der Waals surface area contributed by atoms with Gasteiger partial charge in [0, 0.05) is 18.2 Å². The third-order valence-corrected chi connectivity index (χ3v) is 7.15. The molecule has 2 fully saturated rings. The summed E-state index contributed by atoms with van der Waals surface area (Å²) in [5.41, 5.74) is 1.00. The molecule has 1 unspecified atom stereocenters. The van der Waals surface area contributed by atoms with Crippen LogP contribution in [-0.2, 0) is 16.0 Å². The highest BCUT2D eigenvalue weighted by Gasteiger charge is 2.45. The standard InChI is InChI=1S/C26H33NO11/c28-12-20-22(32)23(33)24(34)26(38-20)37-19-11-15(30)10-18(31)21(19)16(27-9-1-2-17(27)25(35)36)8-5-13-3-6-14(29)7-4-13/h3-4,6-7,10-11,16-17,20,22-24,26,28-34H,1-2,5,8-9,12H2,(H,35,36)/t16?,17-,20+,22+,23-,24+,26+/m0/s1. The van der Waals surface area contributed by atoms with Crippen LogP contribution in [0.15, 0.2) is 36.4 Å². The van der Waals surface area contributed by atoms with E-state index in [1.54, 1.807) is 17.0 Å². The number of aryl methyl sites for hydroxylation is 1. The van der Waals surface area contributed by atoms with Crippen LogP contribution in [0.4, 0.5) is 0 Å². The number of hydrogen-bond acceptors (Lipinski definition) is 11. The summed E-state index contributed by atoms with van der Waals surface area (Å²) in [7, 11) is 0. The number of aliphatic carboxylic acids is 1. The number of phenolic OH excluding ortho intramolecular Hbond substituents is 3. The number of aliphatic hydroxyl groups is 4. The normalized spacial score (nSPS) is 28.7. The van der Waals surface area contributed by atoms with Gasteiger partial charge in [0.25, 0.3) is 0 Å². The van der Waals surface area contributed by atoms with Gasteiger partial charge in [-0.3, -0.25) is 9.69 Å². The molecule has 0 radical (unpaired) electrons. The zero-order chi connectivity index (χ0) is 27.6. The lowest BCUT2D eigenvalue weighted by molar-refractivity contribution is -0.277. The van der Waals surface area contributed by atoms with Gasteiger partial charge in [0.1, 0.15) is 53.5 Å². The van der Waals surface area contributed by atoms with Crippen molar-refractivity contribution in [3.05, 3.63) is 47.5 Å². The summed E-state index contributed by atoms with van der Waals surface area (Å²) in [5, 5.41) is 80.9. The summed E-state index contributed by atoms with van der Waals surface area (Å²) in [6.07, 6.45) is -6.12. The summed E-state index contributed by atoms with van der Waals surface area (Å²) in [4.78, 5) is 13.8. The molecule has 2 aliphatic heterocycles. The molecular weight excluding hydrogens is 502 g/mol. The van der Waals surface area contributed by atoms with Crippen LogP contribution in [0, 0.1) is 0 Å². The minimum atomic E-state index is -1.74. The molecule has 208 valence electrons. The average Bonchev–Trinajstić information content (AvgIpc) is 3.37. The quantitative estimate of drug-likeness (QED) is 0.217. The monoisotopic (exact) mass is 535 g/mol. The molecule has 0 bridgehead atoms. The number of ether oxygens (including phenoxy) is 2. The summed E-state index contributed by atoms with van der Waals surface area (Å²) >= 11 is 0. The van der Waals surface area contributed by atoms with Crippen molar-refractivity contribution in [1.82, 2.24) is 4.90 Å². The number of aliphatic hydroxyl groups excluding tert-OH is 4. The number of aromatic hydroxyl groups is 3. The number of likely N-dealkylation sites (tertiary alicyclic amines) is 1. The molecule has 2 aromatic carbocycles. The SMILES string of the molecule is O=C(O)[C@@H]1CCCN1C(CCc1ccc(O)cc1)c1c(O)cc(O)cc1O[C@@H]1O[C@H](CO)[C@@H](O)[C@H](O)[C@H]1O. The fourth-order valence-corrected chi connectivity index (χ4v) is 5.19. The van der Waals surface area contributed by atoms with Gasteiger partial charge in [-0.25, -0.2) is 0 Å². The van der Waals surface area contributed by atoms with Crippen molar-refractivity contribution < 1.29 is 55.1 Å². The van der Waals surface area contributed by atoms with Crippen molar-refractivity contribution in [3.63, 3.8) is 0 Å². The van der Waals surface area contributed by atoms with Gasteiger partial charge in [0.15, 0.2) is 0 Å². The third kappa shape index (κ3) is 5.80. The van der Waals surface area contributed by atoms with Crippen LogP contribution in [0.5, 0.6) is 23.0 Å². The molecule has 0 amide bonds. The Kier molecular flexibility index (Phi) is 8.61. The van der Waals surface area contributed by atoms with Gasteiger partial charge in [-0.1, -0.05) is 12.1 Å². The Morgan fingerprint density at radius 3 is 2.39 bits per heavy atom. The summed E-state index contributed by atoms with van der Waals surface area (Å²) in [5.74, 6) is -1.80. The van der Waals surface area contributed by atoms with E-state index in [1.807, 2.05) is 0 Å². The summed E-state index contributed by atoms with van der Waals surface area (Å²) in [6.45, 7) is -0.261. The van der Waals surface area contributed by atoms with Crippen molar-refractivity contribution in [2.24, 2.45) is 0 Å². The van der Waals surface area contributed by atoms with E-state index >= 15 is 0 Å². The van der Waals surface area contributed by atoms with E-state index in [2.05, 4.69) is 0 Å². The Morgan fingerprint density at radius 1 is 1.03 bits per heavy atom. The fraction of sp³-hybridized carbons (Fsp3) is 0.500. The first-order valence-electron chi connectivity index (χ1n) is 12.4. The van der Waals surface area contributed by atoms with Crippen molar-refractivity contribution in [3.8, 4) is 23.0 Å². The van der Waals surface area contributed by atoms with E-state index in [1.165, 1.54) is 18.2 Å². The molecule has 12 heteroatoms. The first-order chi connectivity index (χ1) is 18.1. The van der Waals surface area contributed by atoms with Crippen LogP contribution in [0.3, 0.4) is 0 Å². The highest BCUT2D eigenvalue weighted by Crippen LogP contribution is 2.45. The number of hydrogen-bond donors (Lipinski definition) is 8. The minimum absolute atomic E-state index is 0.0992. The average molecular weight is 536 g/mol. The van der Waals surface area contributed by atoms with Crippen LogP contribution in [-0.4, -0.2) is 102 Å². The number of carboxylic acids is 1. The van der Waals surface area contributed by atoms with Crippen molar-refractivity contribution in [1.29, 1.82) is 0 Å². The van der Waals surface area contributed by atoms with E-state index in [9.17, 15) is 45.6 Å². The number of benzene rings is 2. The highest BCUT2D eigenvalue weighted by atomic mass is 16.7. The van der Waals surface area contributed by atoms with Gasteiger partial charge in [-0.05, 0) is 49.9 Å². The number of phenols is 3. The largest absolute Gasteiger partial charge is 0.508 e. The maximum atomic E-state index is 12.0. The van der Waals surface area contributed by atoms with Crippen LogP contribution in [0.1, 0.15) is 36.4 Å². The maximum absolute atomic E-state index is 12.0. The number of rotatable bonds is 9. The second-order valence-corrected chi connectivity index (χ2v) is 9.65.